The minimum Gasteiger partial charge on any atom is -0.489 e. The first-order valence-corrected chi connectivity index (χ1v) is 10.8. The molecule has 0 unspecified atom stereocenters. The molecule has 6 nitrogen and oxygen atoms in total. The van der Waals surface area contributed by atoms with Gasteiger partial charge in [0, 0.05) is 30.3 Å². The fraction of sp³-hybridized carbons (Fsp3) is 0.200. The third kappa shape index (κ3) is 5.59. The number of urea groups is 1. The van der Waals surface area contributed by atoms with Crippen molar-refractivity contribution in [3.63, 3.8) is 0 Å². The van der Waals surface area contributed by atoms with Crippen molar-refractivity contribution in [2.45, 2.75) is 13.2 Å². The lowest BCUT2D eigenvalue weighted by Gasteiger charge is -2.18. The molecule has 0 bridgehead atoms. The second kappa shape index (κ2) is 10.2. The number of ether oxygens (including phenoxy) is 1. The maximum absolute atomic E-state index is 12.6. The summed E-state index contributed by atoms with van der Waals surface area (Å²) in [5.41, 5.74) is 2.84. The van der Waals surface area contributed by atoms with E-state index in [-0.39, 0.29) is 18.5 Å². The summed E-state index contributed by atoms with van der Waals surface area (Å²) in [6.07, 6.45) is 0. The first-order chi connectivity index (χ1) is 15.6. The van der Waals surface area contributed by atoms with Crippen LogP contribution in [-0.4, -0.2) is 36.5 Å². The molecule has 7 heteroatoms. The topological polar surface area (TPSA) is 61.9 Å². The lowest BCUT2D eigenvalue weighted by molar-refractivity contribution is -0.121. The summed E-state index contributed by atoms with van der Waals surface area (Å²) in [6, 6.07) is 24.5. The second-order valence-corrected chi connectivity index (χ2v) is 7.96. The number of hydrogen-bond acceptors (Lipinski definition) is 3. The van der Waals surface area contributed by atoms with Crippen LogP contribution in [0, 0.1) is 0 Å². The molecule has 1 fully saturated rings. The fourth-order valence-corrected chi connectivity index (χ4v) is 3.59. The van der Waals surface area contributed by atoms with Crippen molar-refractivity contribution < 1.29 is 14.3 Å². The number of anilines is 1. The molecule has 4 rings (SSSR count). The van der Waals surface area contributed by atoms with Gasteiger partial charge in [-0.25, -0.2) is 4.79 Å². The van der Waals surface area contributed by atoms with E-state index in [0.29, 0.717) is 31.3 Å². The Hall–Kier alpha value is -3.51. The van der Waals surface area contributed by atoms with Gasteiger partial charge in [-0.2, -0.15) is 0 Å². The SMILES string of the molecule is O=C(CN1CCN(c2ccc(Cl)cc2)C1=O)NCc1ccc(OCc2ccccc2)cc1. The molecule has 1 heterocycles. The van der Waals surface area contributed by atoms with Crippen molar-refractivity contribution >= 4 is 29.2 Å². The molecule has 0 atom stereocenters. The molecule has 0 radical (unpaired) electrons. The van der Waals surface area contributed by atoms with Crippen molar-refractivity contribution in [2.24, 2.45) is 0 Å². The third-order valence-electron chi connectivity index (χ3n) is 5.23. The molecule has 0 aliphatic carbocycles. The lowest BCUT2D eigenvalue weighted by Crippen LogP contribution is -2.39. The number of halogens is 1. The highest BCUT2D eigenvalue weighted by Gasteiger charge is 2.30. The van der Waals surface area contributed by atoms with Gasteiger partial charge in [0.2, 0.25) is 5.91 Å². The van der Waals surface area contributed by atoms with E-state index < -0.39 is 0 Å². The summed E-state index contributed by atoms with van der Waals surface area (Å²) in [5.74, 6) is 0.578. The van der Waals surface area contributed by atoms with Crippen LogP contribution in [0.4, 0.5) is 10.5 Å². The predicted octanol–water partition coefficient (Wildman–Crippen LogP) is 4.48. The molecule has 1 aliphatic rings. The molecule has 0 aromatic heterocycles. The van der Waals surface area contributed by atoms with E-state index in [2.05, 4.69) is 5.32 Å². The maximum Gasteiger partial charge on any atom is 0.325 e. The Kier molecular flexibility index (Phi) is 6.92. The highest BCUT2D eigenvalue weighted by molar-refractivity contribution is 6.30. The zero-order valence-corrected chi connectivity index (χ0v) is 18.3. The van der Waals surface area contributed by atoms with Gasteiger partial charge in [0.05, 0.1) is 0 Å². The van der Waals surface area contributed by atoms with Gasteiger partial charge >= 0.3 is 6.03 Å². The molecule has 164 valence electrons. The van der Waals surface area contributed by atoms with Crippen LogP contribution in [0.15, 0.2) is 78.9 Å². The van der Waals surface area contributed by atoms with E-state index in [0.717, 1.165) is 22.6 Å². The van der Waals surface area contributed by atoms with E-state index in [9.17, 15) is 9.59 Å². The summed E-state index contributed by atoms with van der Waals surface area (Å²) < 4.78 is 5.78. The highest BCUT2D eigenvalue weighted by atomic mass is 35.5. The average Bonchev–Trinajstić information content (AvgIpc) is 3.18. The third-order valence-corrected chi connectivity index (χ3v) is 5.48. The molecule has 32 heavy (non-hydrogen) atoms. The first kappa shape index (κ1) is 21.7. The number of carbonyl (C=O) groups is 2. The number of nitrogens with zero attached hydrogens (tertiary/aromatic N) is 2. The highest BCUT2D eigenvalue weighted by Crippen LogP contribution is 2.22. The summed E-state index contributed by atoms with van der Waals surface area (Å²) in [6.45, 7) is 1.97. The summed E-state index contributed by atoms with van der Waals surface area (Å²) in [7, 11) is 0. The summed E-state index contributed by atoms with van der Waals surface area (Å²) >= 11 is 5.91. The standard InChI is InChI=1S/C25H24ClN3O3/c26-21-8-10-22(11-9-21)29-15-14-28(25(29)31)17-24(30)27-16-19-6-12-23(13-7-19)32-18-20-4-2-1-3-5-20/h1-13H,14-18H2,(H,27,30). The van der Waals surface area contributed by atoms with Gasteiger partial charge < -0.3 is 15.0 Å². The average molecular weight is 450 g/mol. The van der Waals surface area contributed by atoms with Crippen LogP contribution in [0.5, 0.6) is 5.75 Å². The minimum atomic E-state index is -0.194. The molecule has 0 saturated carbocycles. The number of benzene rings is 3. The number of carbonyl (C=O) groups excluding carboxylic acids is 2. The molecule has 0 spiro atoms. The molecular formula is C25H24ClN3O3. The maximum atomic E-state index is 12.6. The van der Waals surface area contributed by atoms with Crippen LogP contribution in [0.1, 0.15) is 11.1 Å². The summed E-state index contributed by atoms with van der Waals surface area (Å²) in [4.78, 5) is 28.2. The van der Waals surface area contributed by atoms with E-state index in [4.69, 9.17) is 16.3 Å². The van der Waals surface area contributed by atoms with Gasteiger partial charge in [0.1, 0.15) is 18.9 Å². The van der Waals surface area contributed by atoms with Gasteiger partial charge in [-0.1, -0.05) is 54.1 Å². The zero-order valence-electron chi connectivity index (χ0n) is 17.5. The normalized spacial score (nSPS) is 13.3. The molecule has 3 aromatic rings. The van der Waals surface area contributed by atoms with Gasteiger partial charge in [-0.05, 0) is 47.5 Å². The van der Waals surface area contributed by atoms with Gasteiger partial charge in [-0.3, -0.25) is 9.69 Å². The van der Waals surface area contributed by atoms with Crippen LogP contribution >= 0.6 is 11.6 Å². The van der Waals surface area contributed by atoms with Crippen LogP contribution in [0.2, 0.25) is 5.02 Å². The smallest absolute Gasteiger partial charge is 0.325 e. The molecule has 1 saturated heterocycles. The molecular weight excluding hydrogens is 426 g/mol. The predicted molar refractivity (Wildman–Crippen MR) is 125 cm³/mol. The van der Waals surface area contributed by atoms with Gasteiger partial charge in [-0.15, -0.1) is 0 Å². The summed E-state index contributed by atoms with van der Waals surface area (Å²) in [5, 5.41) is 3.49. The Bertz CT molecular complexity index is 1060. The number of hydrogen-bond donors (Lipinski definition) is 1. The van der Waals surface area contributed by atoms with E-state index in [1.54, 1.807) is 34.1 Å². The Balaban J connectivity index is 1.22. The van der Waals surface area contributed by atoms with Crippen molar-refractivity contribution in [3.8, 4) is 5.75 Å². The number of amides is 3. The molecule has 1 aliphatic heterocycles. The van der Waals surface area contributed by atoms with E-state index >= 15 is 0 Å². The Labute approximate surface area is 192 Å². The largest absolute Gasteiger partial charge is 0.489 e. The second-order valence-electron chi connectivity index (χ2n) is 7.53. The minimum absolute atomic E-state index is 0.0290. The van der Waals surface area contributed by atoms with Crippen LogP contribution in [0.3, 0.4) is 0 Å². The molecule has 1 N–H and O–H groups in total. The van der Waals surface area contributed by atoms with E-state index in [1.165, 1.54) is 0 Å². The van der Waals surface area contributed by atoms with Crippen LogP contribution in [-0.2, 0) is 17.9 Å². The Morgan fingerprint density at radius 3 is 2.34 bits per heavy atom. The van der Waals surface area contributed by atoms with Crippen LogP contribution in [0.25, 0.3) is 0 Å². The number of nitrogens with one attached hydrogen (secondary N) is 1. The molecule has 3 aromatic carbocycles. The number of rotatable bonds is 8. The molecule has 3 amide bonds. The van der Waals surface area contributed by atoms with Crippen molar-refractivity contribution in [3.05, 3.63) is 95.0 Å². The Morgan fingerprint density at radius 2 is 1.62 bits per heavy atom. The fourth-order valence-electron chi connectivity index (χ4n) is 3.46. The van der Waals surface area contributed by atoms with Gasteiger partial charge in [0.25, 0.3) is 0 Å². The van der Waals surface area contributed by atoms with Crippen molar-refractivity contribution in [2.75, 3.05) is 24.5 Å². The zero-order chi connectivity index (χ0) is 22.3. The first-order valence-electron chi connectivity index (χ1n) is 10.4. The van der Waals surface area contributed by atoms with Crippen molar-refractivity contribution in [1.82, 2.24) is 10.2 Å². The van der Waals surface area contributed by atoms with Gasteiger partial charge in [0.15, 0.2) is 0 Å². The van der Waals surface area contributed by atoms with Crippen LogP contribution < -0.4 is 15.0 Å². The quantitative estimate of drug-likeness (QED) is 0.551. The Morgan fingerprint density at radius 1 is 0.906 bits per heavy atom. The van der Waals surface area contributed by atoms with Crippen molar-refractivity contribution in [1.29, 1.82) is 0 Å². The lowest BCUT2D eigenvalue weighted by atomic mass is 10.2. The van der Waals surface area contributed by atoms with E-state index in [1.807, 2.05) is 54.6 Å². The monoisotopic (exact) mass is 449 g/mol.